The molecule has 0 aliphatic carbocycles. The average Bonchev–Trinajstić information content (AvgIpc) is 2.88. The summed E-state index contributed by atoms with van der Waals surface area (Å²) in [6.07, 6.45) is 23.3. The summed E-state index contributed by atoms with van der Waals surface area (Å²) in [5.74, 6) is 0.0829. The van der Waals surface area contributed by atoms with E-state index in [0.29, 0.717) is 11.1 Å². The molecule has 1 aromatic carbocycles. The molecular formula is C30H50N2O2. The lowest BCUT2D eigenvalue weighted by Crippen LogP contribution is -2.48. The van der Waals surface area contributed by atoms with E-state index in [1.54, 1.807) is 24.3 Å². The van der Waals surface area contributed by atoms with E-state index < -0.39 is 0 Å². The minimum atomic E-state index is 0.0829. The van der Waals surface area contributed by atoms with Gasteiger partial charge in [-0.25, -0.2) is 0 Å². The van der Waals surface area contributed by atoms with Gasteiger partial charge in [0.15, 0.2) is 0 Å². The van der Waals surface area contributed by atoms with Crippen molar-refractivity contribution in [1.29, 1.82) is 0 Å². The van der Waals surface area contributed by atoms with Crippen LogP contribution >= 0.6 is 0 Å². The third-order valence-corrected chi connectivity index (χ3v) is 7.28. The second kappa shape index (κ2) is 18.6. The lowest BCUT2D eigenvalue weighted by atomic mass is 10.0. The van der Waals surface area contributed by atoms with Crippen LogP contribution in [0, 0.1) is 0 Å². The van der Waals surface area contributed by atoms with E-state index in [-0.39, 0.29) is 5.91 Å². The van der Waals surface area contributed by atoms with Gasteiger partial charge in [-0.1, -0.05) is 115 Å². The molecule has 1 aromatic rings. The van der Waals surface area contributed by atoms with Gasteiger partial charge in [0.2, 0.25) is 0 Å². The summed E-state index contributed by atoms with van der Waals surface area (Å²) in [7, 11) is 0. The highest BCUT2D eigenvalue weighted by molar-refractivity contribution is 5.95. The van der Waals surface area contributed by atoms with Gasteiger partial charge in [0.05, 0.1) is 0 Å². The van der Waals surface area contributed by atoms with Crippen molar-refractivity contribution < 1.29 is 9.59 Å². The van der Waals surface area contributed by atoms with Crippen LogP contribution in [0.2, 0.25) is 0 Å². The van der Waals surface area contributed by atoms with E-state index in [1.807, 2.05) is 4.90 Å². The number of carbonyl (C=O) groups is 2. The number of amides is 1. The zero-order valence-corrected chi connectivity index (χ0v) is 21.9. The maximum Gasteiger partial charge on any atom is 0.253 e. The van der Waals surface area contributed by atoms with Crippen LogP contribution in [0.1, 0.15) is 130 Å². The third-order valence-electron chi connectivity index (χ3n) is 7.28. The standard InChI is InChI=1S/C30H50N2O2/c1-2-3-4-5-6-7-8-9-10-11-12-13-14-15-16-17-22-31-23-25-32(26-24-31)30(34)29-20-18-28(27-33)19-21-29/h18-21,27H,2-17,22-26H2,1H3. The Morgan fingerprint density at radius 1 is 0.676 bits per heavy atom. The molecule has 1 amide bonds. The fourth-order valence-corrected chi connectivity index (χ4v) is 4.94. The molecule has 0 aromatic heterocycles. The van der Waals surface area contributed by atoms with Crippen molar-refractivity contribution in [3.8, 4) is 0 Å². The molecule has 1 fully saturated rings. The Bertz CT molecular complexity index is 650. The highest BCUT2D eigenvalue weighted by atomic mass is 16.2. The van der Waals surface area contributed by atoms with Crippen molar-refractivity contribution >= 4 is 12.2 Å². The first kappa shape index (κ1) is 28.6. The molecule has 192 valence electrons. The van der Waals surface area contributed by atoms with Crippen molar-refractivity contribution in [3.63, 3.8) is 0 Å². The minimum Gasteiger partial charge on any atom is -0.336 e. The van der Waals surface area contributed by atoms with Gasteiger partial charge in [0.1, 0.15) is 6.29 Å². The quantitative estimate of drug-likeness (QED) is 0.155. The Morgan fingerprint density at radius 2 is 1.12 bits per heavy atom. The summed E-state index contributed by atoms with van der Waals surface area (Å²) in [5.41, 5.74) is 1.29. The number of rotatable bonds is 19. The number of hydrogen-bond donors (Lipinski definition) is 0. The van der Waals surface area contributed by atoms with E-state index >= 15 is 0 Å². The maximum absolute atomic E-state index is 12.6. The summed E-state index contributed by atoms with van der Waals surface area (Å²) >= 11 is 0. The molecule has 1 aliphatic rings. The summed E-state index contributed by atoms with van der Waals surface area (Å²) in [6, 6.07) is 6.95. The molecule has 1 heterocycles. The molecule has 34 heavy (non-hydrogen) atoms. The number of carbonyl (C=O) groups excluding carboxylic acids is 2. The largest absolute Gasteiger partial charge is 0.336 e. The second-order valence-electron chi connectivity index (χ2n) is 10.2. The van der Waals surface area contributed by atoms with Gasteiger partial charge in [-0.3, -0.25) is 14.5 Å². The van der Waals surface area contributed by atoms with Gasteiger partial charge in [-0.05, 0) is 25.1 Å². The fourth-order valence-electron chi connectivity index (χ4n) is 4.94. The van der Waals surface area contributed by atoms with Crippen LogP contribution in [0.5, 0.6) is 0 Å². The van der Waals surface area contributed by atoms with E-state index in [2.05, 4.69) is 11.8 Å². The number of aldehydes is 1. The SMILES string of the molecule is CCCCCCCCCCCCCCCCCCN1CCN(C(=O)c2ccc(C=O)cc2)CC1. The van der Waals surface area contributed by atoms with Gasteiger partial charge >= 0.3 is 0 Å². The lowest BCUT2D eigenvalue weighted by Gasteiger charge is -2.34. The Kier molecular flexibility index (Phi) is 15.6. The third kappa shape index (κ3) is 12.1. The zero-order valence-electron chi connectivity index (χ0n) is 21.9. The van der Waals surface area contributed by atoms with E-state index in [0.717, 1.165) is 39.0 Å². The van der Waals surface area contributed by atoms with Gasteiger partial charge in [0.25, 0.3) is 5.91 Å². The Balaban J connectivity index is 1.37. The molecule has 4 nitrogen and oxygen atoms in total. The van der Waals surface area contributed by atoms with Crippen LogP contribution in [0.15, 0.2) is 24.3 Å². The first-order valence-corrected chi connectivity index (χ1v) is 14.3. The van der Waals surface area contributed by atoms with Gasteiger partial charge in [-0.2, -0.15) is 0 Å². The molecule has 0 N–H and O–H groups in total. The Hall–Kier alpha value is -1.68. The summed E-state index contributed by atoms with van der Waals surface area (Å²) in [6.45, 7) is 6.98. The highest BCUT2D eigenvalue weighted by Gasteiger charge is 2.21. The maximum atomic E-state index is 12.6. The molecule has 0 saturated carbocycles. The van der Waals surface area contributed by atoms with Crippen LogP contribution in [0.3, 0.4) is 0 Å². The second-order valence-corrected chi connectivity index (χ2v) is 10.2. The Morgan fingerprint density at radius 3 is 1.56 bits per heavy atom. The molecule has 0 atom stereocenters. The summed E-state index contributed by atoms with van der Waals surface area (Å²) < 4.78 is 0. The number of benzene rings is 1. The number of piperazine rings is 1. The van der Waals surface area contributed by atoms with Crippen molar-refractivity contribution in [2.45, 2.75) is 110 Å². The lowest BCUT2D eigenvalue weighted by molar-refractivity contribution is 0.0635. The van der Waals surface area contributed by atoms with Crippen LogP contribution in [0.25, 0.3) is 0 Å². The fraction of sp³-hybridized carbons (Fsp3) is 0.733. The topological polar surface area (TPSA) is 40.6 Å². The minimum absolute atomic E-state index is 0.0829. The van der Waals surface area contributed by atoms with Crippen molar-refractivity contribution in [2.24, 2.45) is 0 Å². The first-order valence-electron chi connectivity index (χ1n) is 14.3. The number of nitrogens with zero attached hydrogens (tertiary/aromatic N) is 2. The van der Waals surface area contributed by atoms with E-state index in [9.17, 15) is 9.59 Å². The van der Waals surface area contributed by atoms with Gasteiger partial charge in [-0.15, -0.1) is 0 Å². The normalized spacial score (nSPS) is 14.4. The molecule has 1 saturated heterocycles. The number of hydrogen-bond acceptors (Lipinski definition) is 3. The van der Waals surface area contributed by atoms with Gasteiger partial charge in [0, 0.05) is 37.3 Å². The highest BCUT2D eigenvalue weighted by Crippen LogP contribution is 2.15. The number of unbranched alkanes of at least 4 members (excludes halogenated alkanes) is 15. The molecule has 0 radical (unpaired) electrons. The van der Waals surface area contributed by atoms with E-state index in [4.69, 9.17) is 0 Å². The molecule has 0 unspecified atom stereocenters. The molecule has 0 bridgehead atoms. The molecular weight excluding hydrogens is 420 g/mol. The smallest absolute Gasteiger partial charge is 0.253 e. The van der Waals surface area contributed by atoms with Crippen LogP contribution in [-0.2, 0) is 0 Å². The monoisotopic (exact) mass is 470 g/mol. The van der Waals surface area contributed by atoms with Crippen LogP contribution in [0.4, 0.5) is 0 Å². The zero-order chi connectivity index (χ0) is 24.3. The van der Waals surface area contributed by atoms with Crippen LogP contribution in [-0.4, -0.2) is 54.7 Å². The summed E-state index contributed by atoms with van der Waals surface area (Å²) in [4.78, 5) is 27.9. The van der Waals surface area contributed by atoms with Gasteiger partial charge < -0.3 is 4.90 Å². The predicted molar refractivity (Wildman–Crippen MR) is 144 cm³/mol. The summed E-state index contributed by atoms with van der Waals surface area (Å²) in [5, 5.41) is 0. The first-order chi connectivity index (χ1) is 16.7. The van der Waals surface area contributed by atoms with Crippen molar-refractivity contribution in [1.82, 2.24) is 9.80 Å². The van der Waals surface area contributed by atoms with Crippen LogP contribution < -0.4 is 0 Å². The average molecular weight is 471 g/mol. The molecule has 0 spiro atoms. The van der Waals surface area contributed by atoms with Crippen molar-refractivity contribution in [3.05, 3.63) is 35.4 Å². The van der Waals surface area contributed by atoms with E-state index in [1.165, 1.54) is 103 Å². The molecule has 2 rings (SSSR count). The molecule has 1 aliphatic heterocycles. The van der Waals surface area contributed by atoms with Crippen molar-refractivity contribution in [2.75, 3.05) is 32.7 Å². The Labute approximate surface area is 209 Å². The molecule has 4 heteroatoms. The predicted octanol–water partition coefficient (Wildman–Crippen LogP) is 7.52.